The van der Waals surface area contributed by atoms with E-state index in [4.69, 9.17) is 14.2 Å². The zero-order valence-corrected chi connectivity index (χ0v) is 39.6. The van der Waals surface area contributed by atoms with Crippen molar-refractivity contribution in [2.45, 2.75) is 193 Å². The van der Waals surface area contributed by atoms with Crippen molar-refractivity contribution in [3.8, 4) is 0 Å². The molecule has 0 aliphatic heterocycles. The molecule has 0 radical (unpaired) electrons. The van der Waals surface area contributed by atoms with Gasteiger partial charge in [0, 0.05) is 19.3 Å². The first-order chi connectivity index (χ1) is 29.6. The Kier molecular flexibility index (Phi) is 40.7. The molecule has 8 heteroatoms. The second kappa shape index (κ2) is 43.2. The molecule has 348 valence electrons. The van der Waals surface area contributed by atoms with Crippen LogP contribution in [0.1, 0.15) is 181 Å². The number of carboxylic acids is 1. The number of allylic oxidation sites excluding steroid dienone is 14. The lowest BCUT2D eigenvalue weighted by Gasteiger charge is -2.31. The smallest absolute Gasteiger partial charge is 0.362 e. The Morgan fingerprint density at radius 2 is 0.984 bits per heavy atom. The van der Waals surface area contributed by atoms with Crippen LogP contribution >= 0.6 is 0 Å². The van der Waals surface area contributed by atoms with Crippen LogP contribution in [-0.2, 0) is 28.6 Å². The molecule has 0 amide bonds. The molecule has 2 atom stereocenters. The number of likely N-dealkylation sites (N-methyl/N-ethyl adjacent to an activating group) is 1. The van der Waals surface area contributed by atoms with Crippen molar-refractivity contribution in [2.24, 2.45) is 0 Å². The normalized spacial score (nSPS) is 13.7. The van der Waals surface area contributed by atoms with Gasteiger partial charge in [-0.15, -0.1) is 0 Å². The van der Waals surface area contributed by atoms with Gasteiger partial charge >= 0.3 is 17.9 Å². The molecule has 0 saturated heterocycles. The highest BCUT2D eigenvalue weighted by molar-refractivity contribution is 5.72. The number of hydrogen-bond acceptors (Lipinski definition) is 6. The minimum atomic E-state index is -0.883. The van der Waals surface area contributed by atoms with Crippen molar-refractivity contribution >= 4 is 17.9 Å². The van der Waals surface area contributed by atoms with Gasteiger partial charge in [-0.2, -0.15) is 0 Å². The molecule has 0 saturated carbocycles. The van der Waals surface area contributed by atoms with E-state index in [1.807, 2.05) is 45.4 Å². The van der Waals surface area contributed by atoms with Gasteiger partial charge in [0.2, 0.25) is 0 Å². The first kappa shape index (κ1) is 57.5. The highest BCUT2D eigenvalue weighted by Gasteiger charge is 2.31. The molecule has 0 rings (SSSR count). The van der Waals surface area contributed by atoms with E-state index in [1.54, 1.807) is 0 Å². The van der Waals surface area contributed by atoms with E-state index >= 15 is 0 Å². The number of carboxylic acid groups (broad SMARTS) is 1. The molecule has 0 aliphatic rings. The van der Waals surface area contributed by atoms with Crippen LogP contribution in [0.4, 0.5) is 0 Å². The Bertz CT molecular complexity index is 1270. The standard InChI is InChI=1S/C53H89NO7/c1-6-8-10-12-14-16-18-20-22-23-24-25-26-27-28-30-31-33-35-37-39-41-43-51(55)60-48-49(47-59-46-45-50(53(57)58)54(3,4)5)61-52(56)44-42-40-38-36-34-32-29-21-19-17-15-13-11-9-7-2/h9,11,13-17,19-22,24-25,29,49-50H,6-8,10,12,18,23,26-28,30-48H2,1-5H3/p+1/b11-9+,15-13+,16-14+,19-17+,22-20+,25-24+,29-21+. The molecule has 0 heterocycles. The van der Waals surface area contributed by atoms with Crippen molar-refractivity contribution in [1.82, 2.24) is 0 Å². The molecule has 8 nitrogen and oxygen atoms in total. The minimum Gasteiger partial charge on any atom is -0.477 e. The molecule has 0 aliphatic carbocycles. The zero-order valence-electron chi connectivity index (χ0n) is 39.6. The summed E-state index contributed by atoms with van der Waals surface area (Å²) in [4.78, 5) is 37.1. The van der Waals surface area contributed by atoms with E-state index in [-0.39, 0.29) is 36.2 Å². The van der Waals surface area contributed by atoms with E-state index < -0.39 is 18.1 Å². The van der Waals surface area contributed by atoms with Crippen LogP contribution in [0.25, 0.3) is 0 Å². The molecule has 0 aromatic heterocycles. The minimum absolute atomic E-state index is 0.0449. The van der Waals surface area contributed by atoms with Crippen molar-refractivity contribution in [1.29, 1.82) is 0 Å². The highest BCUT2D eigenvalue weighted by Crippen LogP contribution is 2.14. The van der Waals surface area contributed by atoms with Gasteiger partial charge in [-0.3, -0.25) is 9.59 Å². The van der Waals surface area contributed by atoms with Crippen LogP contribution in [0.5, 0.6) is 0 Å². The number of aliphatic carboxylic acids is 1. The Hall–Kier alpha value is -3.49. The average Bonchev–Trinajstić information content (AvgIpc) is 3.22. The lowest BCUT2D eigenvalue weighted by molar-refractivity contribution is -0.887. The van der Waals surface area contributed by atoms with Gasteiger partial charge < -0.3 is 23.8 Å². The summed E-state index contributed by atoms with van der Waals surface area (Å²) >= 11 is 0. The molecule has 0 bridgehead atoms. The number of esters is 2. The van der Waals surface area contributed by atoms with Gasteiger partial charge in [-0.25, -0.2) is 4.79 Å². The van der Waals surface area contributed by atoms with Gasteiger partial charge in [0.25, 0.3) is 0 Å². The van der Waals surface area contributed by atoms with E-state index in [9.17, 15) is 19.5 Å². The fraction of sp³-hybridized carbons (Fsp3) is 0.679. The summed E-state index contributed by atoms with van der Waals surface area (Å²) in [7, 11) is 5.51. The summed E-state index contributed by atoms with van der Waals surface area (Å²) < 4.78 is 17.3. The van der Waals surface area contributed by atoms with Crippen LogP contribution in [0.15, 0.2) is 85.1 Å². The number of ether oxygens (including phenoxy) is 3. The van der Waals surface area contributed by atoms with Gasteiger partial charge in [-0.05, 0) is 70.6 Å². The highest BCUT2D eigenvalue weighted by atomic mass is 16.6. The largest absolute Gasteiger partial charge is 0.477 e. The van der Waals surface area contributed by atoms with Crippen molar-refractivity contribution < 1.29 is 38.2 Å². The predicted octanol–water partition coefficient (Wildman–Crippen LogP) is 13.7. The SMILES string of the molecule is CC/C=C/C=C/C=C/C=C/CCCCCCCC(=O)OC(COCCC(C(=O)O)[N+](C)(C)C)COC(=O)CCCCCCCCCCC/C=C/C/C=C/C/C=C/CCCCC. The van der Waals surface area contributed by atoms with E-state index in [0.717, 1.165) is 83.5 Å². The van der Waals surface area contributed by atoms with Crippen molar-refractivity contribution in [2.75, 3.05) is 41.0 Å². The van der Waals surface area contributed by atoms with Crippen LogP contribution in [-0.4, -0.2) is 80.6 Å². The number of quaternary nitrogens is 1. The first-order valence-electron chi connectivity index (χ1n) is 24.2. The van der Waals surface area contributed by atoms with Crippen LogP contribution in [0.2, 0.25) is 0 Å². The third-order valence-corrected chi connectivity index (χ3v) is 10.4. The lowest BCUT2D eigenvalue weighted by atomic mass is 10.1. The summed E-state index contributed by atoms with van der Waals surface area (Å²) in [6.45, 7) is 4.53. The molecular formula is C53H90NO7+. The maximum atomic E-state index is 12.7. The Morgan fingerprint density at radius 3 is 1.51 bits per heavy atom. The Balaban J connectivity index is 4.31. The molecule has 61 heavy (non-hydrogen) atoms. The van der Waals surface area contributed by atoms with Crippen LogP contribution < -0.4 is 0 Å². The third kappa shape index (κ3) is 41.6. The number of carbonyl (C=O) groups excluding carboxylic acids is 2. The molecule has 2 unspecified atom stereocenters. The predicted molar refractivity (Wildman–Crippen MR) is 256 cm³/mol. The molecule has 0 aromatic rings. The number of nitrogens with zero attached hydrogens (tertiary/aromatic N) is 1. The summed E-state index contributed by atoms with van der Waals surface area (Å²) in [6, 6.07) is -0.625. The second-order valence-corrected chi connectivity index (χ2v) is 17.1. The number of rotatable bonds is 42. The monoisotopic (exact) mass is 853 g/mol. The van der Waals surface area contributed by atoms with Crippen molar-refractivity contribution in [3.05, 3.63) is 85.1 Å². The summed E-state index contributed by atoms with van der Waals surface area (Å²) in [5, 5.41) is 9.64. The quantitative estimate of drug-likeness (QED) is 0.0215. The maximum Gasteiger partial charge on any atom is 0.362 e. The zero-order chi connectivity index (χ0) is 44.9. The molecule has 0 aromatic carbocycles. The summed E-state index contributed by atoms with van der Waals surface area (Å²) in [6.07, 6.45) is 56.3. The van der Waals surface area contributed by atoms with Gasteiger partial charge in [0.15, 0.2) is 12.1 Å². The fourth-order valence-corrected chi connectivity index (χ4v) is 6.64. The van der Waals surface area contributed by atoms with Gasteiger partial charge in [0.1, 0.15) is 6.61 Å². The van der Waals surface area contributed by atoms with Gasteiger partial charge in [-0.1, -0.05) is 176 Å². The molecule has 1 N–H and O–H groups in total. The third-order valence-electron chi connectivity index (χ3n) is 10.4. The van der Waals surface area contributed by atoms with E-state index in [2.05, 4.69) is 74.6 Å². The number of carbonyl (C=O) groups is 3. The molecule has 0 fully saturated rings. The number of hydrogen-bond donors (Lipinski definition) is 1. The summed E-state index contributed by atoms with van der Waals surface area (Å²) in [5.74, 6) is -1.51. The first-order valence-corrected chi connectivity index (χ1v) is 24.2. The van der Waals surface area contributed by atoms with Gasteiger partial charge in [0.05, 0.1) is 34.4 Å². The van der Waals surface area contributed by atoms with Crippen LogP contribution in [0.3, 0.4) is 0 Å². The topological polar surface area (TPSA) is 99.1 Å². The Labute approximate surface area is 373 Å². The Morgan fingerprint density at radius 1 is 0.525 bits per heavy atom. The summed E-state index contributed by atoms with van der Waals surface area (Å²) in [5.41, 5.74) is 0. The van der Waals surface area contributed by atoms with E-state index in [0.29, 0.717) is 19.3 Å². The average molecular weight is 853 g/mol. The van der Waals surface area contributed by atoms with Crippen LogP contribution in [0, 0.1) is 0 Å². The van der Waals surface area contributed by atoms with E-state index in [1.165, 1.54) is 64.2 Å². The maximum absolute atomic E-state index is 12.7. The lowest BCUT2D eigenvalue weighted by Crippen LogP contribution is -2.50. The fourth-order valence-electron chi connectivity index (χ4n) is 6.64. The number of unbranched alkanes of at least 4 members (excludes halogenated alkanes) is 17. The second-order valence-electron chi connectivity index (χ2n) is 17.1. The molecule has 0 spiro atoms. The van der Waals surface area contributed by atoms with Crippen molar-refractivity contribution in [3.63, 3.8) is 0 Å². The molecular weight excluding hydrogens is 763 g/mol.